The fourth-order valence-electron chi connectivity index (χ4n) is 3.71. The summed E-state index contributed by atoms with van der Waals surface area (Å²) in [5.41, 5.74) is 2.98. The Morgan fingerprint density at radius 3 is 2.55 bits per heavy atom. The number of hydrogen-bond acceptors (Lipinski definition) is 5. The van der Waals surface area contributed by atoms with E-state index in [9.17, 15) is 9.59 Å². The van der Waals surface area contributed by atoms with E-state index >= 15 is 0 Å². The Kier molecular flexibility index (Phi) is 6.83. The van der Waals surface area contributed by atoms with Gasteiger partial charge in [-0.05, 0) is 37.0 Å². The van der Waals surface area contributed by atoms with Crippen LogP contribution in [0.15, 0.2) is 58.5 Å². The lowest BCUT2D eigenvalue weighted by molar-refractivity contribution is -0.127. The molecule has 2 aromatic carbocycles. The van der Waals surface area contributed by atoms with Crippen molar-refractivity contribution in [3.63, 3.8) is 0 Å². The van der Waals surface area contributed by atoms with Gasteiger partial charge in [0.2, 0.25) is 11.7 Å². The number of hydrogen-bond donors (Lipinski definition) is 0. The number of benzene rings is 2. The number of rotatable bonds is 8. The van der Waals surface area contributed by atoms with E-state index in [0.717, 1.165) is 17.5 Å². The van der Waals surface area contributed by atoms with Gasteiger partial charge in [-0.25, -0.2) is 0 Å². The number of aryl methyl sites for hydroxylation is 2. The molecule has 7 nitrogen and oxygen atoms in total. The van der Waals surface area contributed by atoms with Crippen LogP contribution in [0.5, 0.6) is 0 Å². The summed E-state index contributed by atoms with van der Waals surface area (Å²) in [6.45, 7) is 7.44. The van der Waals surface area contributed by atoms with Crippen molar-refractivity contribution < 1.29 is 4.79 Å². The predicted molar refractivity (Wildman–Crippen MR) is 133 cm³/mol. The first-order valence-electron chi connectivity index (χ1n) is 11.1. The quantitative estimate of drug-likeness (QED) is 0.367. The molecule has 0 bridgehead atoms. The Hall–Kier alpha value is -3.13. The summed E-state index contributed by atoms with van der Waals surface area (Å²) in [5.74, 6) is 1.22. The number of para-hydroxylation sites is 1. The van der Waals surface area contributed by atoms with Crippen molar-refractivity contribution in [1.82, 2.24) is 24.1 Å². The number of nitrogens with zero attached hydrogens (tertiary/aromatic N) is 5. The maximum atomic E-state index is 13.1. The number of carbonyl (C=O) groups excluding carboxylic acids is 1. The van der Waals surface area contributed by atoms with Crippen LogP contribution in [-0.2, 0) is 17.9 Å². The number of amides is 1. The number of thioether (sulfide) groups is 1. The lowest BCUT2D eigenvalue weighted by atomic mass is 10.1. The monoisotopic (exact) mass is 463 g/mol. The Balaban J connectivity index is 1.60. The molecule has 2 heterocycles. The first-order chi connectivity index (χ1) is 15.8. The molecule has 0 aliphatic heterocycles. The van der Waals surface area contributed by atoms with Crippen LogP contribution in [0, 0.1) is 12.8 Å². The molecule has 0 aliphatic rings. The van der Waals surface area contributed by atoms with Crippen LogP contribution in [0.1, 0.15) is 31.4 Å². The van der Waals surface area contributed by atoms with Crippen molar-refractivity contribution in [2.24, 2.45) is 5.92 Å². The Bertz CT molecular complexity index is 1340. The lowest BCUT2D eigenvalue weighted by Gasteiger charge is -2.17. The van der Waals surface area contributed by atoms with Gasteiger partial charge in [0, 0.05) is 20.1 Å². The van der Waals surface area contributed by atoms with Gasteiger partial charge in [0.25, 0.3) is 5.56 Å². The smallest absolute Gasteiger partial charge is 0.262 e. The first kappa shape index (κ1) is 23.0. The number of aromatic nitrogens is 4. The van der Waals surface area contributed by atoms with Gasteiger partial charge < -0.3 is 4.90 Å². The van der Waals surface area contributed by atoms with Gasteiger partial charge in [-0.3, -0.25) is 18.6 Å². The average molecular weight is 464 g/mol. The molecule has 0 unspecified atom stereocenters. The zero-order valence-corrected chi connectivity index (χ0v) is 20.3. The first-order valence-corrected chi connectivity index (χ1v) is 12.1. The summed E-state index contributed by atoms with van der Waals surface area (Å²) in [4.78, 5) is 27.6. The molecule has 4 aromatic rings. The molecule has 0 atom stereocenters. The molecule has 1 amide bonds. The molecule has 33 heavy (non-hydrogen) atoms. The number of carbonyl (C=O) groups is 1. The predicted octanol–water partition coefficient (Wildman–Crippen LogP) is 4.15. The van der Waals surface area contributed by atoms with Crippen molar-refractivity contribution in [1.29, 1.82) is 0 Å². The molecule has 0 saturated carbocycles. The van der Waals surface area contributed by atoms with Gasteiger partial charge in [-0.1, -0.05) is 67.6 Å². The summed E-state index contributed by atoms with van der Waals surface area (Å²) in [6.07, 6.45) is 0.867. The molecule has 172 valence electrons. The van der Waals surface area contributed by atoms with Gasteiger partial charge in [0.15, 0.2) is 5.16 Å². The van der Waals surface area contributed by atoms with Gasteiger partial charge in [-0.15, -0.1) is 10.2 Å². The van der Waals surface area contributed by atoms with E-state index in [1.807, 2.05) is 54.8 Å². The third-order valence-electron chi connectivity index (χ3n) is 5.70. The highest BCUT2D eigenvalue weighted by Crippen LogP contribution is 2.22. The molecule has 8 heteroatoms. The highest BCUT2D eigenvalue weighted by Gasteiger charge is 2.18. The van der Waals surface area contributed by atoms with Crippen molar-refractivity contribution in [3.8, 4) is 0 Å². The summed E-state index contributed by atoms with van der Waals surface area (Å²) in [7, 11) is 1.81. The van der Waals surface area contributed by atoms with Crippen molar-refractivity contribution in [3.05, 3.63) is 70.0 Å². The van der Waals surface area contributed by atoms with Gasteiger partial charge in [0.05, 0.1) is 16.7 Å². The second-order valence-electron chi connectivity index (χ2n) is 8.80. The van der Waals surface area contributed by atoms with Gasteiger partial charge >= 0.3 is 0 Å². The Morgan fingerprint density at radius 1 is 1.09 bits per heavy atom. The molecular formula is C25H29N5O2S. The maximum Gasteiger partial charge on any atom is 0.262 e. The maximum absolute atomic E-state index is 13.1. The summed E-state index contributed by atoms with van der Waals surface area (Å²) in [6, 6.07) is 15.7. The minimum absolute atomic E-state index is 0.00904. The molecular weight excluding hydrogens is 434 g/mol. The van der Waals surface area contributed by atoms with E-state index in [-0.39, 0.29) is 17.2 Å². The molecule has 0 spiro atoms. The van der Waals surface area contributed by atoms with Crippen LogP contribution < -0.4 is 5.56 Å². The highest BCUT2D eigenvalue weighted by atomic mass is 32.2. The van der Waals surface area contributed by atoms with Crippen molar-refractivity contribution >= 4 is 34.3 Å². The van der Waals surface area contributed by atoms with E-state index in [1.165, 1.54) is 17.3 Å². The van der Waals surface area contributed by atoms with Crippen LogP contribution in [0.25, 0.3) is 16.7 Å². The molecule has 0 fully saturated rings. The summed E-state index contributed by atoms with van der Waals surface area (Å²) < 4.78 is 3.60. The fraction of sp³-hybridized carbons (Fsp3) is 0.360. The zero-order valence-electron chi connectivity index (χ0n) is 19.5. The molecule has 0 aliphatic carbocycles. The summed E-state index contributed by atoms with van der Waals surface area (Å²) >= 11 is 1.34. The third kappa shape index (κ3) is 4.95. The minimum Gasteiger partial charge on any atom is -0.341 e. The van der Waals surface area contributed by atoms with Gasteiger partial charge in [0.1, 0.15) is 0 Å². The van der Waals surface area contributed by atoms with Crippen LogP contribution in [0.2, 0.25) is 0 Å². The van der Waals surface area contributed by atoms with Crippen molar-refractivity contribution in [2.45, 2.75) is 45.4 Å². The zero-order chi connectivity index (χ0) is 23.5. The van der Waals surface area contributed by atoms with Crippen LogP contribution in [0.3, 0.4) is 0 Å². The number of fused-ring (bicyclic) bond motifs is 3. The highest BCUT2D eigenvalue weighted by molar-refractivity contribution is 7.99. The topological polar surface area (TPSA) is 72.5 Å². The third-order valence-corrected chi connectivity index (χ3v) is 6.61. The second kappa shape index (κ2) is 9.79. The summed E-state index contributed by atoms with van der Waals surface area (Å²) in [5, 5.41) is 9.91. The van der Waals surface area contributed by atoms with E-state index in [2.05, 4.69) is 36.2 Å². The minimum atomic E-state index is -0.0587. The van der Waals surface area contributed by atoms with Gasteiger partial charge in [-0.2, -0.15) is 0 Å². The molecule has 0 saturated heterocycles. The largest absolute Gasteiger partial charge is 0.341 e. The standard InChI is InChI=1S/C25H29N5O2S/c1-17(2)13-14-29-23(32)20-7-5-6-8-21(20)30-24(29)26-27-25(30)33-16-22(31)28(4)15-19-11-9-18(3)10-12-19/h5-12,17H,13-16H2,1-4H3. The molecule has 0 radical (unpaired) electrons. The van der Waals surface area contributed by atoms with E-state index in [1.54, 1.807) is 9.47 Å². The molecule has 0 N–H and O–H groups in total. The molecule has 2 aromatic heterocycles. The van der Waals surface area contributed by atoms with Crippen LogP contribution >= 0.6 is 11.8 Å². The van der Waals surface area contributed by atoms with Crippen LogP contribution in [-0.4, -0.2) is 42.8 Å². The van der Waals surface area contributed by atoms with E-state index in [0.29, 0.717) is 35.3 Å². The fourth-order valence-corrected chi connectivity index (χ4v) is 4.59. The van der Waals surface area contributed by atoms with E-state index in [4.69, 9.17) is 0 Å². The Labute approximate surface area is 197 Å². The van der Waals surface area contributed by atoms with Crippen molar-refractivity contribution in [2.75, 3.05) is 12.8 Å². The lowest BCUT2D eigenvalue weighted by Crippen LogP contribution is -2.28. The second-order valence-corrected chi connectivity index (χ2v) is 9.74. The van der Waals surface area contributed by atoms with Crippen LogP contribution in [0.4, 0.5) is 0 Å². The molecule has 4 rings (SSSR count). The Morgan fingerprint density at radius 2 is 1.82 bits per heavy atom. The van der Waals surface area contributed by atoms with E-state index < -0.39 is 0 Å². The SMILES string of the molecule is Cc1ccc(CN(C)C(=O)CSc2nnc3n(CCC(C)C)c(=O)c4ccccc4n23)cc1. The average Bonchev–Trinajstić information content (AvgIpc) is 3.22. The normalized spacial score (nSPS) is 11.5.